The maximum atomic E-state index is 12.7. The second-order valence-corrected chi connectivity index (χ2v) is 7.62. The van der Waals surface area contributed by atoms with Crippen LogP contribution in [-0.4, -0.2) is 36.2 Å². The van der Waals surface area contributed by atoms with Crippen molar-refractivity contribution in [3.8, 4) is 0 Å². The number of hydrogen-bond donors (Lipinski definition) is 1. The zero-order valence-electron chi connectivity index (χ0n) is 16.6. The summed E-state index contributed by atoms with van der Waals surface area (Å²) in [5.41, 5.74) is 1.38. The molecular weight excluding hydrogens is 342 g/mol. The van der Waals surface area contributed by atoms with E-state index in [1.165, 1.54) is 12.7 Å². The van der Waals surface area contributed by atoms with Crippen LogP contribution in [-0.2, 0) is 20.7 Å². The Hall–Kier alpha value is -2.43. The molecular formula is C22H29NO4. The first kappa shape index (κ1) is 20.9. The molecule has 5 heteroatoms. The molecule has 1 aromatic rings. The van der Waals surface area contributed by atoms with Gasteiger partial charge in [-0.1, -0.05) is 51.1 Å². The highest BCUT2D eigenvalue weighted by atomic mass is 16.5. The molecule has 0 amide bonds. The van der Waals surface area contributed by atoms with Gasteiger partial charge in [0.1, 0.15) is 11.7 Å². The summed E-state index contributed by atoms with van der Waals surface area (Å²) in [4.78, 5) is 29.6. The van der Waals surface area contributed by atoms with Crippen LogP contribution < -0.4 is 0 Å². The summed E-state index contributed by atoms with van der Waals surface area (Å²) in [5.74, 6) is -1.75. The van der Waals surface area contributed by atoms with Gasteiger partial charge in [0.2, 0.25) is 0 Å². The number of carbonyl (C=O) groups excluding carboxylic acids is 2. The second kappa shape index (κ2) is 8.98. The van der Waals surface area contributed by atoms with E-state index in [0.717, 1.165) is 6.42 Å². The van der Waals surface area contributed by atoms with Crippen LogP contribution in [0.1, 0.15) is 45.6 Å². The van der Waals surface area contributed by atoms with Crippen molar-refractivity contribution in [1.82, 2.24) is 0 Å². The number of nitrogens with zero attached hydrogens (tertiary/aromatic N) is 1. The summed E-state index contributed by atoms with van der Waals surface area (Å²) in [7, 11) is 1.29. The number of Topliss-reactive ketones (excluding diaryl/α,β-unsaturated/α-hetero) is 1. The third-order valence-corrected chi connectivity index (χ3v) is 4.96. The number of esters is 1. The number of methoxy groups -OCH3 is 1. The minimum Gasteiger partial charge on any atom is -0.511 e. The highest BCUT2D eigenvalue weighted by Gasteiger charge is 2.47. The highest BCUT2D eigenvalue weighted by Crippen LogP contribution is 2.43. The van der Waals surface area contributed by atoms with E-state index in [1.807, 2.05) is 51.1 Å². The van der Waals surface area contributed by atoms with Gasteiger partial charge in [-0.15, -0.1) is 0 Å². The molecule has 0 unspecified atom stereocenters. The van der Waals surface area contributed by atoms with Crippen molar-refractivity contribution in [3.05, 3.63) is 47.2 Å². The zero-order valence-corrected chi connectivity index (χ0v) is 16.6. The Balaban J connectivity index is 2.38. The molecule has 1 aromatic carbocycles. The molecule has 0 aliphatic heterocycles. The van der Waals surface area contributed by atoms with Crippen LogP contribution >= 0.6 is 0 Å². The van der Waals surface area contributed by atoms with Gasteiger partial charge >= 0.3 is 5.97 Å². The number of benzene rings is 1. The number of aliphatic hydroxyl groups is 1. The predicted octanol–water partition coefficient (Wildman–Crippen LogP) is 4.07. The number of ether oxygens (including phenoxy) is 1. The van der Waals surface area contributed by atoms with Crippen LogP contribution in [0.15, 0.2) is 46.7 Å². The Morgan fingerprint density at radius 3 is 2.52 bits per heavy atom. The maximum Gasteiger partial charge on any atom is 0.316 e. The van der Waals surface area contributed by atoms with E-state index in [4.69, 9.17) is 4.74 Å². The van der Waals surface area contributed by atoms with Gasteiger partial charge in [0.25, 0.3) is 0 Å². The predicted molar refractivity (Wildman–Crippen MR) is 106 cm³/mol. The number of allylic oxidation sites excluding steroid dienone is 1. The largest absolute Gasteiger partial charge is 0.511 e. The SMILES string of the molecule is CCCC(=O)C1=C(O)[C@@H](C(=O)OC)C(C)(C)CC1=NCCc1ccccc1. The van der Waals surface area contributed by atoms with E-state index in [1.54, 1.807) is 0 Å². The normalized spacial score (nSPS) is 20.6. The van der Waals surface area contributed by atoms with Crippen molar-refractivity contribution in [1.29, 1.82) is 0 Å². The first-order chi connectivity index (χ1) is 12.8. The summed E-state index contributed by atoms with van der Waals surface area (Å²) >= 11 is 0. The molecule has 2 rings (SSSR count). The molecule has 0 heterocycles. The summed E-state index contributed by atoms with van der Waals surface area (Å²) in [6.07, 6.45) is 2.17. The van der Waals surface area contributed by atoms with Gasteiger partial charge in [-0.2, -0.15) is 0 Å². The molecule has 0 saturated carbocycles. The molecule has 0 bridgehead atoms. The second-order valence-electron chi connectivity index (χ2n) is 7.62. The van der Waals surface area contributed by atoms with Gasteiger partial charge in [0.15, 0.2) is 5.78 Å². The molecule has 146 valence electrons. The first-order valence-electron chi connectivity index (χ1n) is 9.43. The lowest BCUT2D eigenvalue weighted by molar-refractivity contribution is -0.149. The van der Waals surface area contributed by atoms with Crippen molar-refractivity contribution in [2.45, 2.75) is 46.5 Å². The monoisotopic (exact) mass is 371 g/mol. The number of carbonyl (C=O) groups is 2. The Morgan fingerprint density at radius 2 is 1.93 bits per heavy atom. The lowest BCUT2D eigenvalue weighted by Gasteiger charge is -2.37. The molecule has 1 N–H and O–H groups in total. The number of aliphatic imine (C=N–C) groups is 1. The van der Waals surface area contributed by atoms with E-state index in [2.05, 4.69) is 4.99 Å². The average molecular weight is 371 g/mol. The van der Waals surface area contributed by atoms with Crippen molar-refractivity contribution in [2.24, 2.45) is 16.3 Å². The number of hydrogen-bond acceptors (Lipinski definition) is 5. The van der Waals surface area contributed by atoms with Crippen LogP contribution in [0.4, 0.5) is 0 Å². The van der Waals surface area contributed by atoms with Gasteiger partial charge in [-0.3, -0.25) is 14.6 Å². The van der Waals surface area contributed by atoms with E-state index in [-0.39, 0.29) is 17.1 Å². The van der Waals surface area contributed by atoms with Crippen molar-refractivity contribution < 1.29 is 19.4 Å². The van der Waals surface area contributed by atoms with Gasteiger partial charge in [0.05, 0.1) is 12.7 Å². The third-order valence-electron chi connectivity index (χ3n) is 4.96. The molecule has 0 fully saturated rings. The minimum absolute atomic E-state index is 0.169. The summed E-state index contributed by atoms with van der Waals surface area (Å²) in [5, 5.41) is 10.8. The molecule has 5 nitrogen and oxygen atoms in total. The Kier molecular flexibility index (Phi) is 6.94. The standard InChI is InChI=1S/C22H29NO4/c1-5-9-17(24)18-16(23-13-12-15-10-7-6-8-11-15)14-22(2,3)19(20(18)25)21(26)27-4/h6-8,10-11,19,25H,5,9,12-14H2,1-4H3/t19-/m0/s1. The topological polar surface area (TPSA) is 76.0 Å². The number of ketones is 1. The summed E-state index contributed by atoms with van der Waals surface area (Å²) < 4.78 is 4.87. The molecule has 0 aromatic heterocycles. The zero-order chi connectivity index (χ0) is 20.0. The highest BCUT2D eigenvalue weighted by molar-refractivity contribution is 6.24. The van der Waals surface area contributed by atoms with Gasteiger partial charge < -0.3 is 9.84 Å². The van der Waals surface area contributed by atoms with E-state index in [0.29, 0.717) is 31.5 Å². The molecule has 27 heavy (non-hydrogen) atoms. The van der Waals surface area contributed by atoms with E-state index >= 15 is 0 Å². The summed E-state index contributed by atoms with van der Waals surface area (Å²) in [6.45, 7) is 6.21. The molecule has 1 atom stereocenters. The van der Waals surface area contributed by atoms with E-state index in [9.17, 15) is 14.7 Å². The van der Waals surface area contributed by atoms with Gasteiger partial charge in [-0.25, -0.2) is 0 Å². The van der Waals surface area contributed by atoms with Crippen LogP contribution in [0.2, 0.25) is 0 Å². The fourth-order valence-electron chi connectivity index (χ4n) is 3.59. The molecule has 1 aliphatic rings. The summed E-state index contributed by atoms with van der Waals surface area (Å²) in [6, 6.07) is 10.0. The first-order valence-corrected chi connectivity index (χ1v) is 9.43. The van der Waals surface area contributed by atoms with E-state index < -0.39 is 17.3 Å². The average Bonchev–Trinajstić information content (AvgIpc) is 2.61. The fourth-order valence-corrected chi connectivity index (χ4v) is 3.59. The van der Waals surface area contributed by atoms with Gasteiger partial charge in [0, 0.05) is 18.7 Å². The van der Waals surface area contributed by atoms with Crippen LogP contribution in [0.3, 0.4) is 0 Å². The Labute approximate surface area is 161 Å². The maximum absolute atomic E-state index is 12.7. The van der Waals surface area contributed by atoms with Gasteiger partial charge in [-0.05, 0) is 30.2 Å². The lowest BCUT2D eigenvalue weighted by atomic mass is 9.67. The minimum atomic E-state index is -0.855. The smallest absolute Gasteiger partial charge is 0.316 e. The Morgan fingerprint density at radius 1 is 1.26 bits per heavy atom. The number of rotatable bonds is 7. The molecule has 0 spiro atoms. The fraction of sp³-hybridized carbons (Fsp3) is 0.500. The Bertz CT molecular complexity index is 747. The molecule has 1 aliphatic carbocycles. The molecule has 0 saturated heterocycles. The molecule has 0 radical (unpaired) electrons. The van der Waals surface area contributed by atoms with Crippen LogP contribution in [0, 0.1) is 11.3 Å². The quantitative estimate of drug-likeness (QED) is 0.733. The van der Waals surface area contributed by atoms with Crippen molar-refractivity contribution >= 4 is 17.5 Å². The number of aliphatic hydroxyl groups excluding tert-OH is 1. The van der Waals surface area contributed by atoms with Crippen LogP contribution in [0.25, 0.3) is 0 Å². The van der Waals surface area contributed by atoms with Crippen molar-refractivity contribution in [3.63, 3.8) is 0 Å². The lowest BCUT2D eigenvalue weighted by Crippen LogP contribution is -2.42. The van der Waals surface area contributed by atoms with Crippen LogP contribution in [0.5, 0.6) is 0 Å². The third kappa shape index (κ3) is 4.85. The van der Waals surface area contributed by atoms with Crippen molar-refractivity contribution in [2.75, 3.05) is 13.7 Å².